The molecule has 0 aliphatic carbocycles. The summed E-state index contributed by atoms with van der Waals surface area (Å²) in [6, 6.07) is 10.9. The zero-order valence-corrected chi connectivity index (χ0v) is 12.7. The van der Waals surface area contributed by atoms with Crippen LogP contribution in [0.1, 0.15) is 22.7 Å². The number of benzene rings is 2. The molecule has 0 amide bonds. The standard InChI is InChI=1S/C17H20FNO2/c1-11-9-12(6-8-15(11)20-3)17(19-2)13-5-7-14(18)16(10-13)21-4/h5-10,17,19H,1-4H3. The van der Waals surface area contributed by atoms with E-state index in [1.807, 2.05) is 26.1 Å². The summed E-state index contributed by atoms with van der Waals surface area (Å²) in [6.07, 6.45) is 0. The third-order valence-electron chi connectivity index (χ3n) is 3.55. The highest BCUT2D eigenvalue weighted by molar-refractivity contribution is 5.42. The van der Waals surface area contributed by atoms with Crippen molar-refractivity contribution in [1.29, 1.82) is 0 Å². The summed E-state index contributed by atoms with van der Waals surface area (Å²) < 4.78 is 23.9. The minimum Gasteiger partial charge on any atom is -0.496 e. The molecule has 2 aromatic rings. The van der Waals surface area contributed by atoms with Crippen LogP contribution in [0.3, 0.4) is 0 Å². The maximum Gasteiger partial charge on any atom is 0.165 e. The van der Waals surface area contributed by atoms with Crippen LogP contribution in [0.5, 0.6) is 11.5 Å². The van der Waals surface area contributed by atoms with Crippen LogP contribution in [0.2, 0.25) is 0 Å². The fraction of sp³-hybridized carbons (Fsp3) is 0.294. The molecule has 112 valence electrons. The molecule has 0 fully saturated rings. The first-order chi connectivity index (χ1) is 10.1. The Morgan fingerprint density at radius 1 is 0.952 bits per heavy atom. The highest BCUT2D eigenvalue weighted by Gasteiger charge is 2.15. The van der Waals surface area contributed by atoms with E-state index in [1.54, 1.807) is 19.2 Å². The number of methoxy groups -OCH3 is 2. The number of hydrogen-bond donors (Lipinski definition) is 1. The summed E-state index contributed by atoms with van der Waals surface area (Å²) in [5.74, 6) is 0.741. The quantitative estimate of drug-likeness (QED) is 0.914. The first kappa shape index (κ1) is 15.3. The zero-order chi connectivity index (χ0) is 15.4. The van der Waals surface area contributed by atoms with Crippen molar-refractivity contribution >= 4 is 0 Å². The van der Waals surface area contributed by atoms with Gasteiger partial charge in [-0.2, -0.15) is 0 Å². The molecule has 0 spiro atoms. The Labute approximate surface area is 124 Å². The second kappa shape index (κ2) is 6.59. The van der Waals surface area contributed by atoms with Crippen LogP contribution in [-0.2, 0) is 0 Å². The van der Waals surface area contributed by atoms with Gasteiger partial charge in [-0.1, -0.05) is 18.2 Å². The van der Waals surface area contributed by atoms with Gasteiger partial charge >= 0.3 is 0 Å². The molecule has 0 saturated carbocycles. The SMILES string of the molecule is CNC(c1ccc(OC)c(C)c1)c1ccc(F)c(OC)c1. The largest absolute Gasteiger partial charge is 0.496 e. The first-order valence-electron chi connectivity index (χ1n) is 6.76. The lowest BCUT2D eigenvalue weighted by Gasteiger charge is -2.19. The molecule has 0 aliphatic heterocycles. The van der Waals surface area contributed by atoms with E-state index in [9.17, 15) is 4.39 Å². The normalized spacial score (nSPS) is 12.0. The Kier molecular flexibility index (Phi) is 4.81. The number of rotatable bonds is 5. The summed E-state index contributed by atoms with van der Waals surface area (Å²) in [5.41, 5.74) is 3.09. The van der Waals surface area contributed by atoms with Crippen molar-refractivity contribution in [3.63, 3.8) is 0 Å². The number of hydrogen-bond acceptors (Lipinski definition) is 3. The third-order valence-corrected chi connectivity index (χ3v) is 3.55. The van der Waals surface area contributed by atoms with Gasteiger partial charge in [0.1, 0.15) is 5.75 Å². The predicted octanol–water partition coefficient (Wildman–Crippen LogP) is 3.46. The second-order valence-electron chi connectivity index (χ2n) is 4.84. The van der Waals surface area contributed by atoms with Crippen LogP contribution in [-0.4, -0.2) is 21.3 Å². The summed E-state index contributed by atoms with van der Waals surface area (Å²) in [7, 11) is 5.00. The maximum absolute atomic E-state index is 13.5. The van der Waals surface area contributed by atoms with Crippen molar-refractivity contribution in [2.24, 2.45) is 0 Å². The van der Waals surface area contributed by atoms with Crippen molar-refractivity contribution in [3.8, 4) is 11.5 Å². The number of halogens is 1. The molecule has 2 rings (SSSR count). The van der Waals surface area contributed by atoms with Crippen molar-refractivity contribution in [2.75, 3.05) is 21.3 Å². The van der Waals surface area contributed by atoms with Gasteiger partial charge in [0.2, 0.25) is 0 Å². The summed E-state index contributed by atoms with van der Waals surface area (Å²) in [6.45, 7) is 2.00. The molecule has 1 unspecified atom stereocenters. The lowest BCUT2D eigenvalue weighted by molar-refractivity contribution is 0.385. The van der Waals surface area contributed by atoms with Crippen LogP contribution in [0.15, 0.2) is 36.4 Å². The van der Waals surface area contributed by atoms with E-state index in [-0.39, 0.29) is 17.6 Å². The number of nitrogens with one attached hydrogen (secondary N) is 1. The monoisotopic (exact) mass is 289 g/mol. The molecule has 0 heterocycles. The Bertz CT molecular complexity index is 628. The minimum absolute atomic E-state index is 0.0379. The van der Waals surface area contributed by atoms with E-state index in [0.29, 0.717) is 0 Å². The smallest absolute Gasteiger partial charge is 0.165 e. The summed E-state index contributed by atoms with van der Waals surface area (Å²) >= 11 is 0. The lowest BCUT2D eigenvalue weighted by Crippen LogP contribution is -2.18. The van der Waals surface area contributed by atoms with Gasteiger partial charge in [-0.05, 0) is 48.9 Å². The molecular formula is C17H20FNO2. The molecule has 0 saturated heterocycles. The van der Waals surface area contributed by atoms with Crippen molar-refractivity contribution in [2.45, 2.75) is 13.0 Å². The van der Waals surface area contributed by atoms with Crippen molar-refractivity contribution in [1.82, 2.24) is 5.32 Å². The summed E-state index contributed by atoms with van der Waals surface area (Å²) in [4.78, 5) is 0. The number of ether oxygens (including phenoxy) is 2. The van der Waals surface area contributed by atoms with Crippen molar-refractivity contribution in [3.05, 3.63) is 58.9 Å². The average molecular weight is 289 g/mol. The molecule has 1 N–H and O–H groups in total. The van der Waals surface area contributed by atoms with Crippen LogP contribution in [0.4, 0.5) is 4.39 Å². The van der Waals surface area contributed by atoms with E-state index >= 15 is 0 Å². The third kappa shape index (κ3) is 3.16. The Balaban J connectivity index is 2.41. The van der Waals surface area contributed by atoms with E-state index in [4.69, 9.17) is 9.47 Å². The van der Waals surface area contributed by atoms with Gasteiger partial charge < -0.3 is 14.8 Å². The van der Waals surface area contributed by atoms with Crippen LogP contribution in [0, 0.1) is 12.7 Å². The molecule has 3 nitrogen and oxygen atoms in total. The Hall–Kier alpha value is -2.07. The van der Waals surface area contributed by atoms with Crippen molar-refractivity contribution < 1.29 is 13.9 Å². The zero-order valence-electron chi connectivity index (χ0n) is 12.7. The molecule has 0 radical (unpaired) electrons. The molecule has 4 heteroatoms. The van der Waals surface area contributed by atoms with Crippen LogP contribution >= 0.6 is 0 Å². The van der Waals surface area contributed by atoms with Gasteiger partial charge in [-0.15, -0.1) is 0 Å². The van der Waals surface area contributed by atoms with Crippen LogP contribution in [0.25, 0.3) is 0 Å². The van der Waals surface area contributed by atoms with E-state index in [2.05, 4.69) is 11.4 Å². The highest BCUT2D eigenvalue weighted by atomic mass is 19.1. The molecule has 1 atom stereocenters. The summed E-state index contributed by atoms with van der Waals surface area (Å²) in [5, 5.41) is 3.25. The van der Waals surface area contributed by atoms with Gasteiger partial charge in [0.25, 0.3) is 0 Å². The molecule has 0 bridgehead atoms. The Morgan fingerprint density at radius 2 is 1.57 bits per heavy atom. The van der Waals surface area contributed by atoms with E-state index in [0.717, 1.165) is 22.4 Å². The van der Waals surface area contributed by atoms with Gasteiger partial charge in [0.15, 0.2) is 11.6 Å². The van der Waals surface area contributed by atoms with E-state index in [1.165, 1.54) is 13.2 Å². The molecule has 21 heavy (non-hydrogen) atoms. The molecular weight excluding hydrogens is 269 g/mol. The average Bonchev–Trinajstić information content (AvgIpc) is 2.49. The van der Waals surface area contributed by atoms with Gasteiger partial charge in [-0.25, -0.2) is 4.39 Å². The minimum atomic E-state index is -0.359. The molecule has 0 aromatic heterocycles. The second-order valence-corrected chi connectivity index (χ2v) is 4.84. The number of aryl methyl sites for hydroxylation is 1. The van der Waals surface area contributed by atoms with Crippen LogP contribution < -0.4 is 14.8 Å². The fourth-order valence-corrected chi connectivity index (χ4v) is 2.46. The fourth-order valence-electron chi connectivity index (χ4n) is 2.46. The van der Waals surface area contributed by atoms with Gasteiger partial charge in [0, 0.05) is 0 Å². The molecule has 0 aliphatic rings. The Morgan fingerprint density at radius 3 is 2.14 bits per heavy atom. The maximum atomic E-state index is 13.5. The van der Waals surface area contributed by atoms with Gasteiger partial charge in [0.05, 0.1) is 20.3 Å². The van der Waals surface area contributed by atoms with Gasteiger partial charge in [-0.3, -0.25) is 0 Å². The lowest BCUT2D eigenvalue weighted by atomic mass is 9.97. The molecule has 2 aromatic carbocycles. The topological polar surface area (TPSA) is 30.5 Å². The van der Waals surface area contributed by atoms with E-state index < -0.39 is 0 Å². The highest BCUT2D eigenvalue weighted by Crippen LogP contribution is 2.29. The first-order valence-corrected chi connectivity index (χ1v) is 6.76. The predicted molar refractivity (Wildman–Crippen MR) is 81.6 cm³/mol.